The van der Waals surface area contributed by atoms with Crippen LogP contribution in [0.3, 0.4) is 0 Å². The molecule has 0 aliphatic rings. The van der Waals surface area contributed by atoms with Gasteiger partial charge in [-0.15, -0.1) is 6.58 Å². The molecule has 0 saturated heterocycles. The van der Waals surface area contributed by atoms with Crippen molar-refractivity contribution in [2.45, 2.75) is 19.3 Å². The average molecular weight is 258 g/mol. The first-order valence-electron chi connectivity index (χ1n) is 5.45. The molecule has 0 aliphatic heterocycles. The lowest BCUT2D eigenvalue weighted by Crippen LogP contribution is -2.20. The third-order valence-electron chi connectivity index (χ3n) is 2.51. The average Bonchev–Trinajstić information content (AvgIpc) is 2.28. The summed E-state index contributed by atoms with van der Waals surface area (Å²) in [5.41, 5.74) is 1.20. The minimum Gasteiger partial charge on any atom is -0.316 e. The third kappa shape index (κ3) is 3.82. The van der Waals surface area contributed by atoms with Crippen LogP contribution in [-0.2, 0) is 0 Å². The van der Waals surface area contributed by atoms with Gasteiger partial charge in [-0.2, -0.15) is 0 Å². The van der Waals surface area contributed by atoms with Gasteiger partial charge >= 0.3 is 0 Å². The highest BCUT2D eigenvalue weighted by molar-refractivity contribution is 6.42. The second-order valence-corrected chi connectivity index (χ2v) is 4.52. The van der Waals surface area contributed by atoms with E-state index in [-0.39, 0.29) is 0 Å². The zero-order valence-corrected chi connectivity index (χ0v) is 11.0. The summed E-state index contributed by atoms with van der Waals surface area (Å²) < 4.78 is 0. The van der Waals surface area contributed by atoms with Crippen molar-refractivity contribution in [3.05, 3.63) is 46.5 Å². The Morgan fingerprint density at radius 1 is 1.38 bits per heavy atom. The molecule has 0 aromatic heterocycles. The molecule has 0 heterocycles. The van der Waals surface area contributed by atoms with Crippen LogP contribution < -0.4 is 5.32 Å². The van der Waals surface area contributed by atoms with E-state index in [4.69, 9.17) is 23.2 Å². The first-order chi connectivity index (χ1) is 7.69. The van der Waals surface area contributed by atoms with Gasteiger partial charge in [0.2, 0.25) is 0 Å². The molecule has 1 atom stereocenters. The van der Waals surface area contributed by atoms with E-state index in [2.05, 4.69) is 18.8 Å². The Kier molecular flexibility index (Phi) is 5.89. The molecule has 1 N–H and O–H groups in total. The van der Waals surface area contributed by atoms with Crippen LogP contribution in [0.15, 0.2) is 30.9 Å². The van der Waals surface area contributed by atoms with Crippen molar-refractivity contribution in [2.24, 2.45) is 0 Å². The summed E-state index contributed by atoms with van der Waals surface area (Å²) in [5.74, 6) is 0.409. The smallest absolute Gasteiger partial charge is 0.0595 e. The standard InChI is InChI=1S/C13H17Cl2N/c1-3-5-11(9-16-4-2)10-6-7-12(14)13(15)8-10/h3,6-8,11,16H,1,4-5,9H2,2H3/t11-/m1/s1. The highest BCUT2D eigenvalue weighted by Crippen LogP contribution is 2.27. The molecule has 88 valence electrons. The summed E-state index contributed by atoms with van der Waals surface area (Å²) in [6, 6.07) is 5.82. The van der Waals surface area contributed by atoms with Crippen LogP contribution in [0.1, 0.15) is 24.8 Å². The van der Waals surface area contributed by atoms with Crippen LogP contribution in [0, 0.1) is 0 Å². The van der Waals surface area contributed by atoms with Crippen molar-refractivity contribution < 1.29 is 0 Å². The Morgan fingerprint density at radius 3 is 2.69 bits per heavy atom. The number of benzene rings is 1. The van der Waals surface area contributed by atoms with Crippen molar-refractivity contribution in [2.75, 3.05) is 13.1 Å². The molecule has 0 spiro atoms. The van der Waals surface area contributed by atoms with Gasteiger partial charge in [0.05, 0.1) is 10.0 Å². The van der Waals surface area contributed by atoms with Crippen molar-refractivity contribution in [1.29, 1.82) is 0 Å². The Morgan fingerprint density at radius 2 is 2.12 bits per heavy atom. The molecule has 0 bridgehead atoms. The second kappa shape index (κ2) is 6.95. The summed E-state index contributed by atoms with van der Waals surface area (Å²) in [6.45, 7) is 7.78. The predicted molar refractivity (Wildman–Crippen MR) is 72.6 cm³/mol. The highest BCUT2D eigenvalue weighted by atomic mass is 35.5. The van der Waals surface area contributed by atoms with Crippen molar-refractivity contribution >= 4 is 23.2 Å². The Hall–Kier alpha value is -0.500. The molecule has 0 unspecified atom stereocenters. The largest absolute Gasteiger partial charge is 0.316 e. The lowest BCUT2D eigenvalue weighted by molar-refractivity contribution is 0.603. The van der Waals surface area contributed by atoms with Crippen LogP contribution in [0.4, 0.5) is 0 Å². The zero-order chi connectivity index (χ0) is 12.0. The monoisotopic (exact) mass is 257 g/mol. The van der Waals surface area contributed by atoms with Crippen LogP contribution in [-0.4, -0.2) is 13.1 Å². The van der Waals surface area contributed by atoms with E-state index < -0.39 is 0 Å². The van der Waals surface area contributed by atoms with Gasteiger partial charge in [0, 0.05) is 6.54 Å². The van der Waals surface area contributed by atoms with Crippen LogP contribution in [0.2, 0.25) is 10.0 Å². The summed E-state index contributed by atoms with van der Waals surface area (Å²) in [7, 11) is 0. The fourth-order valence-electron chi connectivity index (χ4n) is 1.62. The van der Waals surface area contributed by atoms with Crippen molar-refractivity contribution in [1.82, 2.24) is 5.32 Å². The van der Waals surface area contributed by atoms with Gasteiger partial charge in [-0.25, -0.2) is 0 Å². The first kappa shape index (κ1) is 13.6. The SMILES string of the molecule is C=CC[C@H](CNCC)c1ccc(Cl)c(Cl)c1. The van der Waals surface area contributed by atoms with Crippen LogP contribution in [0.5, 0.6) is 0 Å². The van der Waals surface area contributed by atoms with Gasteiger partial charge < -0.3 is 5.32 Å². The second-order valence-electron chi connectivity index (χ2n) is 3.70. The zero-order valence-electron chi connectivity index (χ0n) is 9.47. The van der Waals surface area contributed by atoms with E-state index in [0.29, 0.717) is 16.0 Å². The fourth-order valence-corrected chi connectivity index (χ4v) is 1.93. The number of rotatable bonds is 6. The maximum absolute atomic E-state index is 6.01. The molecule has 0 amide bonds. The summed E-state index contributed by atoms with van der Waals surface area (Å²) in [5, 5.41) is 4.56. The first-order valence-corrected chi connectivity index (χ1v) is 6.21. The van der Waals surface area contributed by atoms with E-state index in [1.165, 1.54) is 5.56 Å². The molecule has 0 fully saturated rings. The number of halogens is 2. The van der Waals surface area contributed by atoms with E-state index in [0.717, 1.165) is 19.5 Å². The number of hydrogen-bond donors (Lipinski definition) is 1. The van der Waals surface area contributed by atoms with Gasteiger partial charge in [0.15, 0.2) is 0 Å². The number of allylic oxidation sites excluding steroid dienone is 1. The molecule has 16 heavy (non-hydrogen) atoms. The molecule has 0 radical (unpaired) electrons. The van der Waals surface area contributed by atoms with Crippen LogP contribution in [0.25, 0.3) is 0 Å². The van der Waals surface area contributed by atoms with E-state index in [1.807, 2.05) is 24.3 Å². The van der Waals surface area contributed by atoms with E-state index in [9.17, 15) is 0 Å². The fraction of sp³-hybridized carbons (Fsp3) is 0.385. The molecule has 0 saturated carbocycles. The summed E-state index contributed by atoms with van der Waals surface area (Å²) >= 11 is 11.9. The third-order valence-corrected chi connectivity index (χ3v) is 3.25. The minimum absolute atomic E-state index is 0.409. The molecule has 0 aliphatic carbocycles. The molecule has 3 heteroatoms. The Balaban J connectivity index is 2.82. The maximum atomic E-state index is 6.01. The summed E-state index contributed by atoms with van der Waals surface area (Å²) in [4.78, 5) is 0. The van der Waals surface area contributed by atoms with E-state index >= 15 is 0 Å². The molecule has 1 nitrogen and oxygen atoms in total. The lowest BCUT2D eigenvalue weighted by Gasteiger charge is -2.16. The molecule has 1 aromatic carbocycles. The molecule has 1 rings (SSSR count). The molecular weight excluding hydrogens is 241 g/mol. The van der Waals surface area contributed by atoms with Crippen molar-refractivity contribution in [3.63, 3.8) is 0 Å². The van der Waals surface area contributed by atoms with Gasteiger partial charge in [-0.05, 0) is 36.6 Å². The predicted octanol–water partition coefficient (Wildman–Crippen LogP) is 4.26. The van der Waals surface area contributed by atoms with Gasteiger partial charge in [-0.3, -0.25) is 0 Å². The van der Waals surface area contributed by atoms with Crippen LogP contribution >= 0.6 is 23.2 Å². The minimum atomic E-state index is 0.409. The van der Waals surface area contributed by atoms with Gasteiger partial charge in [0.25, 0.3) is 0 Å². The number of hydrogen-bond acceptors (Lipinski definition) is 1. The molecular formula is C13H17Cl2N. The topological polar surface area (TPSA) is 12.0 Å². The number of nitrogens with one attached hydrogen (secondary N) is 1. The van der Waals surface area contributed by atoms with Crippen molar-refractivity contribution in [3.8, 4) is 0 Å². The summed E-state index contributed by atoms with van der Waals surface area (Å²) in [6.07, 6.45) is 2.87. The van der Waals surface area contributed by atoms with Gasteiger partial charge in [-0.1, -0.05) is 42.3 Å². The quantitative estimate of drug-likeness (QED) is 0.751. The Bertz CT molecular complexity index is 350. The number of likely N-dealkylation sites (N-methyl/N-ethyl adjacent to an activating group) is 1. The maximum Gasteiger partial charge on any atom is 0.0595 e. The normalized spacial score (nSPS) is 12.4. The highest BCUT2D eigenvalue weighted by Gasteiger charge is 2.10. The molecule has 1 aromatic rings. The van der Waals surface area contributed by atoms with Gasteiger partial charge in [0.1, 0.15) is 0 Å². The van der Waals surface area contributed by atoms with E-state index in [1.54, 1.807) is 0 Å². The lowest BCUT2D eigenvalue weighted by atomic mass is 9.95. The Labute approximate surface area is 107 Å².